The van der Waals surface area contributed by atoms with Crippen LogP contribution in [0.25, 0.3) is 0 Å². The minimum absolute atomic E-state index is 0.0515. The molecule has 0 spiro atoms. The lowest BCUT2D eigenvalue weighted by atomic mass is 9.96. The average molecular weight is 320 g/mol. The first-order valence-corrected chi connectivity index (χ1v) is 8.51. The van der Waals surface area contributed by atoms with Gasteiger partial charge < -0.3 is 5.11 Å². The summed E-state index contributed by atoms with van der Waals surface area (Å²) in [6, 6.07) is 21.8. The Morgan fingerprint density at radius 3 is 1.83 bits per heavy atom. The van der Waals surface area contributed by atoms with Crippen molar-refractivity contribution in [1.82, 2.24) is 9.80 Å². The maximum atomic E-state index is 8.76. The molecular weight excluding hydrogens is 296 g/mol. The molecule has 2 aromatic carbocycles. The van der Waals surface area contributed by atoms with Crippen molar-refractivity contribution in [3.63, 3.8) is 0 Å². The largest absolute Gasteiger partial charge is 0.384 e. The molecule has 0 saturated carbocycles. The van der Waals surface area contributed by atoms with Crippen LogP contribution in [-0.4, -0.2) is 54.2 Å². The summed E-state index contributed by atoms with van der Waals surface area (Å²) in [4.78, 5) is 4.91. The summed E-state index contributed by atoms with van der Waals surface area (Å²) in [5.41, 5.74) is 2.69. The highest BCUT2D eigenvalue weighted by molar-refractivity contribution is 5.32. The number of benzene rings is 2. The number of hydrogen-bond acceptors (Lipinski definition) is 3. The van der Waals surface area contributed by atoms with Crippen molar-refractivity contribution in [1.29, 1.82) is 0 Å². The Balaban J connectivity index is 1.74. The molecule has 24 heavy (non-hydrogen) atoms. The molecule has 0 unspecified atom stereocenters. The number of aliphatic hydroxyl groups excluding tert-OH is 1. The molecular formula is C21H24N2O. The normalized spacial score (nSPS) is 15.9. The molecule has 1 fully saturated rings. The predicted molar refractivity (Wildman–Crippen MR) is 97.6 cm³/mol. The summed E-state index contributed by atoms with van der Waals surface area (Å²) in [6.07, 6.45) is 0. The van der Waals surface area contributed by atoms with Crippen molar-refractivity contribution in [2.24, 2.45) is 0 Å². The Bertz CT molecular complexity index is 628. The Kier molecular flexibility index (Phi) is 6.03. The van der Waals surface area contributed by atoms with Crippen LogP contribution in [0.4, 0.5) is 0 Å². The van der Waals surface area contributed by atoms with Gasteiger partial charge in [0.1, 0.15) is 6.61 Å². The molecule has 1 N–H and O–H groups in total. The van der Waals surface area contributed by atoms with E-state index in [-0.39, 0.29) is 6.61 Å². The molecule has 0 aromatic heterocycles. The predicted octanol–water partition coefficient (Wildman–Crippen LogP) is 2.39. The Morgan fingerprint density at radius 2 is 1.33 bits per heavy atom. The summed E-state index contributed by atoms with van der Waals surface area (Å²) in [6.45, 7) is 4.76. The van der Waals surface area contributed by atoms with Gasteiger partial charge in [0.15, 0.2) is 0 Å². The third-order valence-electron chi connectivity index (χ3n) is 4.51. The third-order valence-corrected chi connectivity index (χ3v) is 4.51. The fourth-order valence-corrected chi connectivity index (χ4v) is 3.29. The zero-order valence-electron chi connectivity index (χ0n) is 13.9. The zero-order valence-corrected chi connectivity index (χ0v) is 13.9. The summed E-state index contributed by atoms with van der Waals surface area (Å²) in [5, 5.41) is 8.76. The second kappa shape index (κ2) is 8.65. The van der Waals surface area contributed by atoms with Gasteiger partial charge in [-0.2, -0.15) is 0 Å². The number of piperazine rings is 1. The van der Waals surface area contributed by atoms with E-state index in [1.54, 1.807) is 0 Å². The summed E-state index contributed by atoms with van der Waals surface area (Å²) < 4.78 is 0. The minimum Gasteiger partial charge on any atom is -0.384 e. The number of nitrogens with zero attached hydrogens (tertiary/aromatic N) is 2. The SMILES string of the molecule is OCC#CCN1CCN(C(c2ccccc2)c2ccccc2)CC1. The first-order valence-electron chi connectivity index (χ1n) is 8.51. The number of hydrogen-bond donors (Lipinski definition) is 1. The van der Waals surface area contributed by atoms with Gasteiger partial charge in [-0.1, -0.05) is 72.5 Å². The van der Waals surface area contributed by atoms with E-state index in [9.17, 15) is 0 Å². The number of aliphatic hydroxyl groups is 1. The third kappa shape index (κ3) is 4.24. The molecule has 0 aliphatic carbocycles. The Labute approximate surface area is 144 Å². The Morgan fingerprint density at radius 1 is 0.792 bits per heavy atom. The Hall–Kier alpha value is -2.12. The first kappa shape index (κ1) is 16.7. The van der Waals surface area contributed by atoms with Gasteiger partial charge >= 0.3 is 0 Å². The van der Waals surface area contributed by atoms with Crippen molar-refractivity contribution < 1.29 is 5.11 Å². The van der Waals surface area contributed by atoms with Crippen LogP contribution in [0.3, 0.4) is 0 Å². The van der Waals surface area contributed by atoms with Crippen LogP contribution < -0.4 is 0 Å². The van der Waals surface area contributed by atoms with E-state index in [1.807, 2.05) is 0 Å². The van der Waals surface area contributed by atoms with Crippen molar-refractivity contribution in [2.75, 3.05) is 39.3 Å². The van der Waals surface area contributed by atoms with Gasteiger partial charge in [-0.3, -0.25) is 9.80 Å². The van der Waals surface area contributed by atoms with Crippen molar-refractivity contribution in [3.05, 3.63) is 71.8 Å². The summed E-state index contributed by atoms with van der Waals surface area (Å²) in [5.74, 6) is 5.75. The fraction of sp³-hybridized carbons (Fsp3) is 0.333. The molecule has 0 atom stereocenters. The molecule has 1 aliphatic rings. The van der Waals surface area contributed by atoms with Crippen LogP contribution in [0.15, 0.2) is 60.7 Å². The molecule has 3 rings (SSSR count). The van der Waals surface area contributed by atoms with E-state index in [4.69, 9.17) is 5.11 Å². The van der Waals surface area contributed by atoms with E-state index in [1.165, 1.54) is 11.1 Å². The van der Waals surface area contributed by atoms with Crippen LogP contribution in [0.1, 0.15) is 17.2 Å². The van der Waals surface area contributed by atoms with Gasteiger partial charge in [0.05, 0.1) is 12.6 Å². The highest BCUT2D eigenvalue weighted by Gasteiger charge is 2.25. The summed E-state index contributed by atoms with van der Waals surface area (Å²) in [7, 11) is 0. The zero-order chi connectivity index (χ0) is 16.6. The molecule has 124 valence electrons. The molecule has 1 heterocycles. The fourth-order valence-electron chi connectivity index (χ4n) is 3.29. The first-order chi connectivity index (χ1) is 11.9. The van der Waals surface area contributed by atoms with Crippen molar-refractivity contribution >= 4 is 0 Å². The van der Waals surface area contributed by atoms with Crippen LogP contribution in [0, 0.1) is 11.8 Å². The van der Waals surface area contributed by atoms with E-state index in [0.29, 0.717) is 6.04 Å². The highest BCUT2D eigenvalue weighted by Crippen LogP contribution is 2.29. The highest BCUT2D eigenvalue weighted by atomic mass is 16.2. The molecule has 2 aromatic rings. The molecule has 0 radical (unpaired) electrons. The van der Waals surface area contributed by atoms with Crippen LogP contribution in [-0.2, 0) is 0 Å². The minimum atomic E-state index is -0.0515. The average Bonchev–Trinajstić information content (AvgIpc) is 2.65. The van der Waals surface area contributed by atoms with Gasteiger partial charge in [-0.15, -0.1) is 0 Å². The standard InChI is InChI=1S/C21H24N2O/c24-18-8-7-13-22-14-16-23(17-15-22)21(19-9-3-1-4-10-19)20-11-5-2-6-12-20/h1-6,9-12,21,24H,13-18H2. The lowest BCUT2D eigenvalue weighted by Gasteiger charge is -2.39. The van der Waals surface area contributed by atoms with Crippen LogP contribution >= 0.6 is 0 Å². The van der Waals surface area contributed by atoms with Gasteiger partial charge in [0.2, 0.25) is 0 Å². The molecule has 3 heteroatoms. The second-order valence-corrected chi connectivity index (χ2v) is 6.05. The molecule has 1 saturated heterocycles. The lowest BCUT2D eigenvalue weighted by Crippen LogP contribution is -2.47. The molecule has 0 amide bonds. The summed E-state index contributed by atoms with van der Waals surface area (Å²) >= 11 is 0. The van der Waals surface area contributed by atoms with E-state index in [0.717, 1.165) is 32.7 Å². The maximum Gasteiger partial charge on any atom is 0.104 e. The molecule has 0 bridgehead atoms. The van der Waals surface area contributed by atoms with E-state index < -0.39 is 0 Å². The van der Waals surface area contributed by atoms with Crippen LogP contribution in [0.2, 0.25) is 0 Å². The topological polar surface area (TPSA) is 26.7 Å². The maximum absolute atomic E-state index is 8.76. The van der Waals surface area contributed by atoms with Gasteiger partial charge in [0, 0.05) is 26.2 Å². The second-order valence-electron chi connectivity index (χ2n) is 6.05. The van der Waals surface area contributed by atoms with Gasteiger partial charge in [0.25, 0.3) is 0 Å². The van der Waals surface area contributed by atoms with Crippen LogP contribution in [0.5, 0.6) is 0 Å². The monoisotopic (exact) mass is 320 g/mol. The van der Waals surface area contributed by atoms with Gasteiger partial charge in [-0.25, -0.2) is 0 Å². The van der Waals surface area contributed by atoms with E-state index in [2.05, 4.69) is 82.3 Å². The molecule has 3 nitrogen and oxygen atoms in total. The van der Waals surface area contributed by atoms with Crippen molar-refractivity contribution in [3.8, 4) is 11.8 Å². The lowest BCUT2D eigenvalue weighted by molar-refractivity contribution is 0.119. The molecule has 1 aliphatic heterocycles. The van der Waals surface area contributed by atoms with Crippen molar-refractivity contribution in [2.45, 2.75) is 6.04 Å². The quantitative estimate of drug-likeness (QED) is 0.876. The van der Waals surface area contributed by atoms with Gasteiger partial charge in [-0.05, 0) is 11.1 Å². The smallest absolute Gasteiger partial charge is 0.104 e. The number of rotatable bonds is 4. The van der Waals surface area contributed by atoms with E-state index >= 15 is 0 Å².